The van der Waals surface area contributed by atoms with Crippen LogP contribution in [0.15, 0.2) is 53.9 Å². The molecule has 9 heteroatoms. The zero-order valence-corrected chi connectivity index (χ0v) is 16.3. The molecule has 0 bridgehead atoms. The Balaban J connectivity index is 1.75. The van der Waals surface area contributed by atoms with Crippen molar-refractivity contribution in [1.29, 1.82) is 0 Å². The summed E-state index contributed by atoms with van der Waals surface area (Å²) in [5.41, 5.74) is 2.65. The van der Waals surface area contributed by atoms with Crippen LogP contribution < -0.4 is 4.72 Å². The monoisotopic (exact) mass is 399 g/mol. The highest BCUT2D eigenvalue weighted by Crippen LogP contribution is 2.26. The molecule has 3 aromatic heterocycles. The van der Waals surface area contributed by atoms with Gasteiger partial charge in [-0.25, -0.2) is 8.42 Å². The number of nitrogens with one attached hydrogen (secondary N) is 1. The maximum atomic E-state index is 12.1. The molecule has 0 radical (unpaired) electrons. The van der Waals surface area contributed by atoms with E-state index in [0.717, 1.165) is 10.4 Å². The fraction of sp³-hybridized carbons (Fsp3) is 0.167. The van der Waals surface area contributed by atoms with E-state index in [1.165, 1.54) is 0 Å². The Morgan fingerprint density at radius 1 is 1.07 bits per heavy atom. The SMILES string of the molecule is CC(C)S(=O)(=O)Nc1cccc(-c2ccc3nnc(-c4cccs4)n3n2)c1. The molecule has 0 aliphatic rings. The van der Waals surface area contributed by atoms with Crippen LogP contribution in [0, 0.1) is 0 Å². The molecule has 138 valence electrons. The zero-order valence-electron chi connectivity index (χ0n) is 14.7. The van der Waals surface area contributed by atoms with E-state index in [-0.39, 0.29) is 0 Å². The Morgan fingerprint density at radius 2 is 1.93 bits per heavy atom. The number of aromatic nitrogens is 4. The summed E-state index contributed by atoms with van der Waals surface area (Å²) in [6.07, 6.45) is 0. The third-order valence-electron chi connectivity index (χ3n) is 4.04. The summed E-state index contributed by atoms with van der Waals surface area (Å²) in [5, 5.41) is 14.5. The van der Waals surface area contributed by atoms with Crippen LogP contribution in [0.3, 0.4) is 0 Å². The number of anilines is 1. The van der Waals surface area contributed by atoms with Gasteiger partial charge < -0.3 is 0 Å². The van der Waals surface area contributed by atoms with Crippen molar-refractivity contribution in [1.82, 2.24) is 19.8 Å². The smallest absolute Gasteiger partial charge is 0.235 e. The molecule has 0 fully saturated rings. The van der Waals surface area contributed by atoms with Crippen LogP contribution in [0.4, 0.5) is 5.69 Å². The van der Waals surface area contributed by atoms with Crippen molar-refractivity contribution < 1.29 is 8.42 Å². The van der Waals surface area contributed by atoms with Crippen LogP contribution in [0.25, 0.3) is 27.6 Å². The van der Waals surface area contributed by atoms with Gasteiger partial charge in [0.1, 0.15) is 0 Å². The molecule has 3 heterocycles. The number of hydrogen-bond donors (Lipinski definition) is 1. The second-order valence-electron chi connectivity index (χ2n) is 6.27. The molecule has 0 aliphatic heterocycles. The van der Waals surface area contributed by atoms with Crippen molar-refractivity contribution in [2.24, 2.45) is 0 Å². The van der Waals surface area contributed by atoms with E-state index in [2.05, 4.69) is 20.0 Å². The first-order chi connectivity index (χ1) is 12.9. The van der Waals surface area contributed by atoms with Gasteiger partial charge in [0.15, 0.2) is 11.5 Å². The Morgan fingerprint density at radius 3 is 2.67 bits per heavy atom. The molecule has 0 amide bonds. The fourth-order valence-electron chi connectivity index (χ4n) is 2.53. The lowest BCUT2D eigenvalue weighted by Crippen LogP contribution is -2.22. The summed E-state index contributed by atoms with van der Waals surface area (Å²) < 4.78 is 28.5. The molecule has 4 rings (SSSR count). The van der Waals surface area contributed by atoms with Crippen LogP contribution >= 0.6 is 11.3 Å². The van der Waals surface area contributed by atoms with Gasteiger partial charge in [-0.1, -0.05) is 18.2 Å². The van der Waals surface area contributed by atoms with Crippen LogP contribution in [-0.4, -0.2) is 33.5 Å². The normalized spacial score (nSPS) is 12.0. The second kappa shape index (κ2) is 6.75. The van der Waals surface area contributed by atoms with Crippen molar-refractivity contribution in [2.45, 2.75) is 19.1 Å². The molecule has 1 N–H and O–H groups in total. The number of hydrogen-bond acceptors (Lipinski definition) is 6. The molecule has 4 aromatic rings. The van der Waals surface area contributed by atoms with Gasteiger partial charge in [0, 0.05) is 11.3 Å². The van der Waals surface area contributed by atoms with Gasteiger partial charge in [-0.2, -0.15) is 9.61 Å². The average Bonchev–Trinajstić information content (AvgIpc) is 3.30. The largest absolute Gasteiger partial charge is 0.283 e. The molecular weight excluding hydrogens is 382 g/mol. The van der Waals surface area contributed by atoms with Crippen LogP contribution in [-0.2, 0) is 10.0 Å². The van der Waals surface area contributed by atoms with Crippen molar-refractivity contribution in [3.05, 3.63) is 53.9 Å². The first-order valence-corrected chi connectivity index (χ1v) is 10.7. The van der Waals surface area contributed by atoms with E-state index < -0.39 is 15.3 Å². The molecule has 7 nitrogen and oxygen atoms in total. The summed E-state index contributed by atoms with van der Waals surface area (Å²) in [7, 11) is -3.41. The highest BCUT2D eigenvalue weighted by molar-refractivity contribution is 7.93. The minimum Gasteiger partial charge on any atom is -0.283 e. The molecule has 0 spiro atoms. The predicted molar refractivity (Wildman–Crippen MR) is 107 cm³/mol. The summed E-state index contributed by atoms with van der Waals surface area (Å²) in [4.78, 5) is 0.977. The standard InChI is InChI=1S/C18H17N5O2S2/c1-12(2)27(24,25)22-14-6-3-5-13(11-14)15-8-9-17-19-20-18(23(17)21-15)16-7-4-10-26-16/h3-12,22H,1-2H3. The van der Waals surface area contributed by atoms with Gasteiger partial charge in [0.05, 0.1) is 15.8 Å². The quantitative estimate of drug-likeness (QED) is 0.553. The minimum absolute atomic E-state index is 0.505. The van der Waals surface area contributed by atoms with Gasteiger partial charge in [-0.15, -0.1) is 21.5 Å². The van der Waals surface area contributed by atoms with E-state index >= 15 is 0 Å². The highest BCUT2D eigenvalue weighted by Gasteiger charge is 2.16. The number of benzene rings is 1. The maximum absolute atomic E-state index is 12.1. The lowest BCUT2D eigenvalue weighted by molar-refractivity contribution is 0.593. The first kappa shape index (κ1) is 17.6. The number of thiophene rings is 1. The van der Waals surface area contributed by atoms with Crippen molar-refractivity contribution in [3.8, 4) is 22.0 Å². The van der Waals surface area contributed by atoms with Crippen molar-refractivity contribution in [3.63, 3.8) is 0 Å². The lowest BCUT2D eigenvalue weighted by Gasteiger charge is -2.11. The van der Waals surface area contributed by atoms with E-state index in [9.17, 15) is 8.42 Å². The van der Waals surface area contributed by atoms with E-state index in [4.69, 9.17) is 0 Å². The molecular formula is C18H17N5O2S2. The first-order valence-electron chi connectivity index (χ1n) is 8.32. The van der Waals surface area contributed by atoms with Gasteiger partial charge >= 0.3 is 0 Å². The third-order valence-corrected chi connectivity index (χ3v) is 6.67. The maximum Gasteiger partial charge on any atom is 0.235 e. The van der Waals surface area contributed by atoms with Gasteiger partial charge in [-0.3, -0.25) is 4.72 Å². The van der Waals surface area contributed by atoms with Gasteiger partial charge in [0.25, 0.3) is 0 Å². The molecule has 0 unspecified atom stereocenters. The molecule has 0 saturated heterocycles. The Labute approximate surface area is 160 Å². The summed E-state index contributed by atoms with van der Waals surface area (Å²) in [5.74, 6) is 0.679. The predicted octanol–water partition coefficient (Wildman–Crippen LogP) is 3.67. The Hall–Kier alpha value is -2.78. The minimum atomic E-state index is -3.41. The number of rotatable bonds is 5. The number of sulfonamides is 1. The van der Waals surface area contributed by atoms with Crippen LogP contribution in [0.1, 0.15) is 13.8 Å². The molecule has 1 aromatic carbocycles. The molecule has 0 aliphatic carbocycles. The summed E-state index contributed by atoms with van der Waals surface area (Å²) in [6, 6.07) is 14.8. The fourth-order valence-corrected chi connectivity index (χ4v) is 3.91. The van der Waals surface area contributed by atoms with E-state index in [0.29, 0.717) is 22.9 Å². The Kier molecular flexibility index (Phi) is 4.40. The average molecular weight is 400 g/mol. The highest BCUT2D eigenvalue weighted by atomic mass is 32.2. The second-order valence-corrected chi connectivity index (χ2v) is 9.45. The number of fused-ring (bicyclic) bond motifs is 1. The third kappa shape index (κ3) is 3.43. The molecule has 0 atom stereocenters. The number of nitrogens with zero attached hydrogens (tertiary/aromatic N) is 4. The molecule has 27 heavy (non-hydrogen) atoms. The summed E-state index contributed by atoms with van der Waals surface area (Å²) in [6.45, 7) is 3.28. The van der Waals surface area contributed by atoms with Crippen LogP contribution in [0.5, 0.6) is 0 Å². The van der Waals surface area contributed by atoms with Gasteiger partial charge in [0.2, 0.25) is 10.0 Å². The summed E-state index contributed by atoms with van der Waals surface area (Å²) >= 11 is 1.57. The Bertz CT molecular complexity index is 1200. The van der Waals surface area contributed by atoms with E-state index in [1.807, 2.05) is 35.7 Å². The lowest BCUT2D eigenvalue weighted by atomic mass is 10.1. The topological polar surface area (TPSA) is 89.2 Å². The van der Waals surface area contributed by atoms with Crippen molar-refractivity contribution in [2.75, 3.05) is 4.72 Å². The molecule has 0 saturated carbocycles. The van der Waals surface area contributed by atoms with Crippen LogP contribution in [0.2, 0.25) is 0 Å². The van der Waals surface area contributed by atoms with Gasteiger partial charge in [-0.05, 0) is 49.6 Å². The zero-order chi connectivity index (χ0) is 19.0. The van der Waals surface area contributed by atoms with Crippen molar-refractivity contribution >= 4 is 32.7 Å². The van der Waals surface area contributed by atoms with E-state index in [1.54, 1.807) is 47.9 Å².